The molecule has 0 saturated carbocycles. The van der Waals surface area contributed by atoms with E-state index in [0.29, 0.717) is 0 Å². The number of hydrogen-bond donors (Lipinski definition) is 2. The number of halogens is 1. The lowest BCUT2D eigenvalue weighted by Crippen LogP contribution is -2.02. The van der Waals surface area contributed by atoms with Crippen molar-refractivity contribution in [3.63, 3.8) is 0 Å². The van der Waals surface area contributed by atoms with Crippen molar-refractivity contribution in [3.05, 3.63) is 27.7 Å². The zero-order chi connectivity index (χ0) is 10.0. The molecule has 0 aromatic heterocycles. The molecule has 0 bridgehead atoms. The van der Waals surface area contributed by atoms with Crippen molar-refractivity contribution in [2.24, 2.45) is 0 Å². The third kappa shape index (κ3) is 2.03. The Morgan fingerprint density at radius 1 is 1.46 bits per heavy atom. The van der Waals surface area contributed by atoms with Crippen LogP contribution in [0.25, 0.3) is 0 Å². The minimum absolute atomic E-state index is 0.0301. The minimum atomic E-state index is -0.0301. The Morgan fingerprint density at radius 3 is 2.62 bits per heavy atom. The third-order valence-corrected chi connectivity index (χ3v) is 3.05. The van der Waals surface area contributed by atoms with E-state index in [9.17, 15) is 5.11 Å². The molecule has 0 saturated heterocycles. The molecule has 0 radical (unpaired) electrons. The largest absolute Gasteiger partial charge is 0.508 e. The topological polar surface area (TPSA) is 40.5 Å². The van der Waals surface area contributed by atoms with Gasteiger partial charge in [-0.3, -0.25) is 0 Å². The lowest BCUT2D eigenvalue weighted by atomic mass is 9.96. The van der Waals surface area contributed by atoms with Gasteiger partial charge in [0.25, 0.3) is 0 Å². The van der Waals surface area contributed by atoms with Gasteiger partial charge in [-0.1, -0.05) is 22.9 Å². The summed E-state index contributed by atoms with van der Waals surface area (Å²) in [4.78, 5) is 0. The van der Waals surface area contributed by atoms with E-state index in [4.69, 9.17) is 5.11 Å². The maximum absolute atomic E-state index is 9.59. The van der Waals surface area contributed by atoms with Gasteiger partial charge in [-0.2, -0.15) is 0 Å². The van der Waals surface area contributed by atoms with Crippen LogP contribution in [0.15, 0.2) is 16.6 Å². The van der Waals surface area contributed by atoms with Crippen LogP contribution in [0.4, 0.5) is 0 Å². The van der Waals surface area contributed by atoms with E-state index in [2.05, 4.69) is 15.9 Å². The fourth-order valence-electron chi connectivity index (χ4n) is 1.40. The standard InChI is InChI=1S/C10H13BrO2/c1-6(5-12)10-7(2)8(11)3-4-9(10)13/h3-4,6,12-13H,5H2,1-2H3. The van der Waals surface area contributed by atoms with Crippen LogP contribution in [0.5, 0.6) is 5.75 Å². The molecule has 0 heterocycles. The lowest BCUT2D eigenvalue weighted by molar-refractivity contribution is 0.270. The van der Waals surface area contributed by atoms with Crippen LogP contribution in [0.3, 0.4) is 0 Å². The molecule has 3 heteroatoms. The van der Waals surface area contributed by atoms with E-state index in [1.165, 1.54) is 0 Å². The molecule has 0 aliphatic carbocycles. The van der Waals surface area contributed by atoms with Gasteiger partial charge in [0.1, 0.15) is 5.75 Å². The molecular weight excluding hydrogens is 232 g/mol. The van der Waals surface area contributed by atoms with Gasteiger partial charge < -0.3 is 10.2 Å². The van der Waals surface area contributed by atoms with Crippen LogP contribution in [0.2, 0.25) is 0 Å². The van der Waals surface area contributed by atoms with Crippen LogP contribution in [0.1, 0.15) is 24.0 Å². The Hall–Kier alpha value is -0.540. The van der Waals surface area contributed by atoms with Crippen molar-refractivity contribution < 1.29 is 10.2 Å². The first kappa shape index (κ1) is 10.5. The second-order valence-corrected chi connectivity index (χ2v) is 4.04. The van der Waals surface area contributed by atoms with E-state index < -0.39 is 0 Å². The highest BCUT2D eigenvalue weighted by Crippen LogP contribution is 2.32. The Morgan fingerprint density at radius 2 is 2.08 bits per heavy atom. The SMILES string of the molecule is Cc1c(Br)ccc(O)c1C(C)CO. The van der Waals surface area contributed by atoms with Crippen molar-refractivity contribution in [2.45, 2.75) is 19.8 Å². The third-order valence-electron chi connectivity index (χ3n) is 2.19. The number of aliphatic hydroxyl groups excluding tert-OH is 1. The van der Waals surface area contributed by atoms with Crippen LogP contribution >= 0.6 is 15.9 Å². The van der Waals surface area contributed by atoms with E-state index >= 15 is 0 Å². The molecule has 0 aliphatic rings. The van der Waals surface area contributed by atoms with E-state index in [1.807, 2.05) is 13.8 Å². The molecule has 1 aromatic rings. The van der Waals surface area contributed by atoms with Gasteiger partial charge in [0.2, 0.25) is 0 Å². The summed E-state index contributed by atoms with van der Waals surface area (Å²) in [6.45, 7) is 3.85. The molecular formula is C10H13BrO2. The Labute approximate surface area is 86.3 Å². The van der Waals surface area contributed by atoms with Gasteiger partial charge in [0, 0.05) is 22.6 Å². The summed E-state index contributed by atoms with van der Waals surface area (Å²) in [5.74, 6) is 0.222. The summed E-state index contributed by atoms with van der Waals surface area (Å²) in [5.41, 5.74) is 1.80. The molecule has 13 heavy (non-hydrogen) atoms. The van der Waals surface area contributed by atoms with Gasteiger partial charge in [-0.15, -0.1) is 0 Å². The smallest absolute Gasteiger partial charge is 0.119 e. The Kier molecular flexibility index (Phi) is 3.33. The number of aliphatic hydroxyl groups is 1. The number of phenols is 1. The minimum Gasteiger partial charge on any atom is -0.508 e. The molecule has 0 amide bonds. The second-order valence-electron chi connectivity index (χ2n) is 3.19. The van der Waals surface area contributed by atoms with Crippen molar-refractivity contribution in [1.82, 2.24) is 0 Å². The molecule has 1 aromatic carbocycles. The fraction of sp³-hybridized carbons (Fsp3) is 0.400. The normalized spacial score (nSPS) is 12.9. The van der Waals surface area contributed by atoms with Crippen molar-refractivity contribution in [2.75, 3.05) is 6.61 Å². The molecule has 1 atom stereocenters. The Bertz CT molecular complexity index is 310. The van der Waals surface area contributed by atoms with E-state index in [0.717, 1.165) is 15.6 Å². The quantitative estimate of drug-likeness (QED) is 0.840. The van der Waals surface area contributed by atoms with Crippen LogP contribution in [-0.4, -0.2) is 16.8 Å². The summed E-state index contributed by atoms with van der Waals surface area (Å²) in [6.07, 6.45) is 0. The first-order chi connectivity index (χ1) is 6.07. The molecule has 1 unspecified atom stereocenters. The van der Waals surface area contributed by atoms with Gasteiger partial charge in [-0.05, 0) is 24.6 Å². The number of benzene rings is 1. The maximum Gasteiger partial charge on any atom is 0.119 e. The van der Waals surface area contributed by atoms with Crippen LogP contribution < -0.4 is 0 Å². The van der Waals surface area contributed by atoms with E-state index in [-0.39, 0.29) is 18.3 Å². The second kappa shape index (κ2) is 4.11. The number of aromatic hydroxyl groups is 1. The number of phenolic OH excluding ortho intramolecular Hbond substituents is 1. The fourth-order valence-corrected chi connectivity index (χ4v) is 1.75. The van der Waals surface area contributed by atoms with Gasteiger partial charge in [0.15, 0.2) is 0 Å². The van der Waals surface area contributed by atoms with Crippen molar-refractivity contribution in [3.8, 4) is 5.75 Å². The molecule has 72 valence electrons. The first-order valence-corrected chi connectivity index (χ1v) is 4.96. The summed E-state index contributed by atoms with van der Waals surface area (Å²) in [7, 11) is 0. The average Bonchev–Trinajstić information content (AvgIpc) is 2.12. The highest BCUT2D eigenvalue weighted by atomic mass is 79.9. The molecule has 2 nitrogen and oxygen atoms in total. The van der Waals surface area contributed by atoms with Crippen LogP contribution in [0, 0.1) is 6.92 Å². The lowest BCUT2D eigenvalue weighted by Gasteiger charge is -2.14. The monoisotopic (exact) mass is 244 g/mol. The predicted octanol–water partition coefficient (Wildman–Crippen LogP) is 2.56. The van der Waals surface area contributed by atoms with Gasteiger partial charge in [-0.25, -0.2) is 0 Å². The summed E-state index contributed by atoms with van der Waals surface area (Å²) >= 11 is 3.38. The predicted molar refractivity (Wildman–Crippen MR) is 56.0 cm³/mol. The molecule has 2 N–H and O–H groups in total. The average molecular weight is 245 g/mol. The summed E-state index contributed by atoms with van der Waals surface area (Å²) in [5, 5.41) is 18.6. The highest BCUT2D eigenvalue weighted by Gasteiger charge is 2.13. The molecule has 0 spiro atoms. The number of hydrogen-bond acceptors (Lipinski definition) is 2. The van der Waals surface area contributed by atoms with E-state index in [1.54, 1.807) is 12.1 Å². The highest BCUT2D eigenvalue weighted by molar-refractivity contribution is 9.10. The Balaban J connectivity index is 3.25. The first-order valence-electron chi connectivity index (χ1n) is 4.16. The van der Waals surface area contributed by atoms with Gasteiger partial charge in [0.05, 0.1) is 0 Å². The zero-order valence-corrected chi connectivity index (χ0v) is 9.30. The number of rotatable bonds is 2. The van der Waals surface area contributed by atoms with Crippen molar-refractivity contribution in [1.29, 1.82) is 0 Å². The van der Waals surface area contributed by atoms with Gasteiger partial charge >= 0.3 is 0 Å². The maximum atomic E-state index is 9.59. The molecule has 1 rings (SSSR count). The zero-order valence-electron chi connectivity index (χ0n) is 7.71. The molecule has 0 fully saturated rings. The van der Waals surface area contributed by atoms with Crippen molar-refractivity contribution >= 4 is 15.9 Å². The summed E-state index contributed by atoms with van der Waals surface area (Å²) in [6, 6.07) is 3.44. The van der Waals surface area contributed by atoms with Crippen LogP contribution in [-0.2, 0) is 0 Å². The molecule has 0 aliphatic heterocycles. The summed E-state index contributed by atoms with van der Waals surface area (Å²) < 4.78 is 0.959.